The molecule has 6 N–H and O–H groups in total. The topological polar surface area (TPSA) is 213 Å². The molecule has 0 bridgehead atoms. The van der Waals surface area contributed by atoms with Gasteiger partial charge in [0.2, 0.25) is 0 Å². The van der Waals surface area contributed by atoms with Crippen molar-refractivity contribution in [3.8, 4) is 0 Å². The molecule has 234 valence electrons. The Morgan fingerprint density at radius 1 is 0.738 bits per heavy atom. The van der Waals surface area contributed by atoms with Gasteiger partial charge in [0.15, 0.2) is 0 Å². The number of nitrogens with two attached hydrogens (primary N) is 2. The third kappa shape index (κ3) is 18.0. The SMILES string of the molecule is C=CCOC(=O)C(N)CSSCC(N)C(=O)OCC=C.Cc1ccc(S(=O)(=O)O)cc1.Cc1ccc(S(=O)(=O)O)cc1. The molecule has 0 saturated heterocycles. The molecule has 2 rings (SSSR count). The first-order valence-electron chi connectivity index (χ1n) is 11.9. The van der Waals surface area contributed by atoms with E-state index in [1.165, 1.54) is 58.0 Å². The lowest BCUT2D eigenvalue weighted by atomic mass is 10.2. The van der Waals surface area contributed by atoms with E-state index in [9.17, 15) is 26.4 Å². The highest BCUT2D eigenvalue weighted by atomic mass is 33.1. The Labute approximate surface area is 254 Å². The number of hydrogen-bond acceptors (Lipinski definition) is 12. The molecule has 0 saturated carbocycles. The van der Waals surface area contributed by atoms with E-state index in [0.717, 1.165) is 11.1 Å². The number of rotatable bonds is 13. The van der Waals surface area contributed by atoms with E-state index >= 15 is 0 Å². The maximum Gasteiger partial charge on any atom is 0.324 e. The molecule has 0 aromatic heterocycles. The van der Waals surface area contributed by atoms with Gasteiger partial charge >= 0.3 is 11.9 Å². The molecule has 42 heavy (non-hydrogen) atoms. The van der Waals surface area contributed by atoms with Gasteiger partial charge in [-0.1, -0.05) is 82.3 Å². The van der Waals surface area contributed by atoms with Crippen molar-refractivity contribution in [2.75, 3.05) is 24.7 Å². The van der Waals surface area contributed by atoms with E-state index in [1.807, 2.05) is 13.8 Å². The van der Waals surface area contributed by atoms with E-state index < -0.39 is 44.3 Å². The summed E-state index contributed by atoms with van der Waals surface area (Å²) >= 11 is 0. The lowest BCUT2D eigenvalue weighted by Crippen LogP contribution is -2.35. The molecule has 12 nitrogen and oxygen atoms in total. The van der Waals surface area contributed by atoms with Crippen LogP contribution in [0, 0.1) is 13.8 Å². The van der Waals surface area contributed by atoms with Gasteiger partial charge in [0, 0.05) is 11.5 Å². The first-order chi connectivity index (χ1) is 19.5. The number of esters is 2. The van der Waals surface area contributed by atoms with Crippen LogP contribution in [0.25, 0.3) is 0 Å². The largest absolute Gasteiger partial charge is 0.460 e. The van der Waals surface area contributed by atoms with Crippen molar-refractivity contribution in [2.45, 2.75) is 35.7 Å². The molecule has 0 heterocycles. The number of benzene rings is 2. The Hall–Kier alpha value is -2.70. The minimum Gasteiger partial charge on any atom is -0.460 e. The van der Waals surface area contributed by atoms with Crippen molar-refractivity contribution < 1.29 is 45.0 Å². The van der Waals surface area contributed by atoms with E-state index in [4.69, 9.17) is 30.0 Å². The zero-order valence-electron chi connectivity index (χ0n) is 23.1. The molecule has 0 aliphatic carbocycles. The zero-order valence-corrected chi connectivity index (χ0v) is 26.4. The molecule has 2 atom stereocenters. The summed E-state index contributed by atoms with van der Waals surface area (Å²) < 4.78 is 68.7. The molecule has 2 unspecified atom stereocenters. The normalized spacial score (nSPS) is 12.2. The van der Waals surface area contributed by atoms with Gasteiger partial charge < -0.3 is 20.9 Å². The molecule has 0 amide bonds. The fourth-order valence-electron chi connectivity index (χ4n) is 2.30. The highest BCUT2D eigenvalue weighted by molar-refractivity contribution is 8.76. The van der Waals surface area contributed by atoms with Crippen molar-refractivity contribution in [1.82, 2.24) is 0 Å². The summed E-state index contributed by atoms with van der Waals surface area (Å²) in [5.41, 5.74) is 13.2. The number of ether oxygens (including phenoxy) is 2. The van der Waals surface area contributed by atoms with Gasteiger partial charge in [0.05, 0.1) is 9.79 Å². The van der Waals surface area contributed by atoms with Gasteiger partial charge in [-0.05, 0) is 38.1 Å². The first-order valence-corrected chi connectivity index (χ1v) is 17.3. The second-order valence-electron chi connectivity index (χ2n) is 8.20. The van der Waals surface area contributed by atoms with E-state index in [1.54, 1.807) is 24.3 Å². The molecule has 0 spiro atoms. The molecule has 16 heteroatoms. The van der Waals surface area contributed by atoms with Gasteiger partial charge in [0.1, 0.15) is 25.3 Å². The molecular weight excluding hydrogens is 629 g/mol. The lowest BCUT2D eigenvalue weighted by Gasteiger charge is -2.11. The number of carbonyl (C=O) groups excluding carboxylic acids is 2. The van der Waals surface area contributed by atoms with Gasteiger partial charge in [-0.15, -0.1) is 0 Å². The van der Waals surface area contributed by atoms with E-state index in [0.29, 0.717) is 11.5 Å². The quantitative estimate of drug-likeness (QED) is 0.0797. The summed E-state index contributed by atoms with van der Waals surface area (Å²) in [4.78, 5) is 22.5. The minimum absolute atomic E-state index is 0.0666. The van der Waals surface area contributed by atoms with Crippen LogP contribution in [0.1, 0.15) is 11.1 Å². The molecule has 2 aromatic rings. The monoisotopic (exact) mass is 664 g/mol. The van der Waals surface area contributed by atoms with Gasteiger partial charge in [-0.3, -0.25) is 18.7 Å². The molecule has 0 fully saturated rings. The number of carbonyl (C=O) groups is 2. The zero-order chi connectivity index (χ0) is 32.3. The summed E-state index contributed by atoms with van der Waals surface area (Å²) in [5, 5.41) is 0. The Morgan fingerprint density at radius 3 is 1.26 bits per heavy atom. The van der Waals surface area contributed by atoms with Crippen molar-refractivity contribution in [2.24, 2.45) is 11.5 Å². The first kappa shape index (κ1) is 39.3. The Bertz CT molecular complexity index is 1240. The van der Waals surface area contributed by atoms with Crippen molar-refractivity contribution in [1.29, 1.82) is 0 Å². The number of aryl methyl sites for hydroxylation is 2. The fraction of sp³-hybridized carbons (Fsp3) is 0.308. The molecule has 0 aliphatic rings. The lowest BCUT2D eigenvalue weighted by molar-refractivity contribution is -0.144. The van der Waals surface area contributed by atoms with Crippen LogP contribution in [0.3, 0.4) is 0 Å². The predicted octanol–water partition coefficient (Wildman–Crippen LogP) is 2.96. The Kier molecular flexibility index (Phi) is 18.9. The highest BCUT2D eigenvalue weighted by Gasteiger charge is 2.17. The van der Waals surface area contributed by atoms with Gasteiger partial charge in [-0.25, -0.2) is 0 Å². The van der Waals surface area contributed by atoms with E-state index in [-0.39, 0.29) is 23.0 Å². The predicted molar refractivity (Wildman–Crippen MR) is 165 cm³/mol. The van der Waals surface area contributed by atoms with Crippen molar-refractivity contribution in [3.63, 3.8) is 0 Å². The van der Waals surface area contributed by atoms with Crippen LogP contribution in [0.15, 0.2) is 83.6 Å². The summed E-state index contributed by atoms with van der Waals surface area (Å²) in [5.74, 6) is -0.218. The van der Waals surface area contributed by atoms with Crippen molar-refractivity contribution in [3.05, 3.63) is 85.0 Å². The minimum atomic E-state index is -4.02. The smallest absolute Gasteiger partial charge is 0.324 e. The molecule has 0 aliphatic heterocycles. The molecular formula is C26H36N2O10S4. The Balaban J connectivity index is 0.000000645. The fourth-order valence-corrected chi connectivity index (χ4v) is 5.47. The van der Waals surface area contributed by atoms with Crippen LogP contribution < -0.4 is 11.5 Å². The third-order valence-corrected chi connectivity index (χ3v) is 8.72. The van der Waals surface area contributed by atoms with Crippen LogP contribution in [-0.2, 0) is 39.3 Å². The van der Waals surface area contributed by atoms with Crippen LogP contribution in [0.5, 0.6) is 0 Å². The Morgan fingerprint density at radius 2 is 1.02 bits per heavy atom. The highest BCUT2D eigenvalue weighted by Crippen LogP contribution is 2.22. The maximum atomic E-state index is 11.3. The summed E-state index contributed by atoms with van der Waals surface area (Å²) in [7, 11) is -5.34. The maximum absolute atomic E-state index is 11.3. The average Bonchev–Trinajstić information content (AvgIpc) is 2.92. The third-order valence-electron chi connectivity index (χ3n) is 4.51. The molecule has 2 aromatic carbocycles. The number of hydrogen-bond donors (Lipinski definition) is 4. The van der Waals surface area contributed by atoms with Crippen LogP contribution in [-0.4, -0.2) is 74.7 Å². The van der Waals surface area contributed by atoms with Crippen LogP contribution >= 0.6 is 21.6 Å². The van der Waals surface area contributed by atoms with Gasteiger partial charge in [-0.2, -0.15) is 16.8 Å². The standard InChI is InChI=1S/C12H20N2O4S2.2C7H8O3S/c1-3-5-17-11(15)9(13)7-19-20-8-10(14)12(16)18-6-4-2;2*1-6-2-4-7(5-3-6)11(8,9)10/h3-4,9-10H,1-2,5-8,13-14H2;2*2-5H,1H3,(H,8,9,10). The van der Waals surface area contributed by atoms with Crippen molar-refractivity contribution >= 4 is 53.8 Å². The van der Waals surface area contributed by atoms with Gasteiger partial charge in [0.25, 0.3) is 20.2 Å². The van der Waals surface area contributed by atoms with Crippen LogP contribution in [0.2, 0.25) is 0 Å². The second-order valence-corrected chi connectivity index (χ2v) is 13.6. The summed E-state index contributed by atoms with van der Waals surface area (Å²) in [6.07, 6.45) is 2.95. The molecule has 0 radical (unpaired) electrons. The second kappa shape index (κ2) is 20.2. The summed E-state index contributed by atoms with van der Waals surface area (Å²) in [6, 6.07) is 10.6. The van der Waals surface area contributed by atoms with Crippen LogP contribution in [0.4, 0.5) is 0 Å². The van der Waals surface area contributed by atoms with E-state index in [2.05, 4.69) is 13.2 Å². The summed E-state index contributed by atoms with van der Waals surface area (Å²) in [6.45, 7) is 10.8. The average molecular weight is 665 g/mol.